The van der Waals surface area contributed by atoms with E-state index in [1.807, 2.05) is 6.07 Å². The van der Waals surface area contributed by atoms with Gasteiger partial charge < -0.3 is 11.1 Å². The molecule has 1 aromatic rings. The molecule has 0 aromatic carbocycles. The SMILES string of the molecule is CCC(C)CC(C)Nc1ccc(N)nn1. The van der Waals surface area contributed by atoms with Gasteiger partial charge >= 0.3 is 0 Å². The summed E-state index contributed by atoms with van der Waals surface area (Å²) >= 11 is 0. The molecule has 0 aliphatic heterocycles. The van der Waals surface area contributed by atoms with Crippen molar-refractivity contribution in [2.45, 2.75) is 39.7 Å². The Morgan fingerprint density at radius 2 is 2.07 bits per heavy atom. The van der Waals surface area contributed by atoms with Gasteiger partial charge in [-0.05, 0) is 31.4 Å². The normalized spacial score (nSPS) is 14.6. The van der Waals surface area contributed by atoms with Crippen LogP contribution in [0.25, 0.3) is 0 Å². The summed E-state index contributed by atoms with van der Waals surface area (Å²) in [7, 11) is 0. The number of rotatable bonds is 5. The highest BCUT2D eigenvalue weighted by Crippen LogP contribution is 2.13. The summed E-state index contributed by atoms with van der Waals surface area (Å²) in [4.78, 5) is 0. The molecule has 0 aliphatic carbocycles. The Morgan fingerprint density at radius 1 is 1.33 bits per heavy atom. The van der Waals surface area contributed by atoms with Crippen LogP contribution < -0.4 is 11.1 Å². The highest BCUT2D eigenvalue weighted by Gasteiger charge is 2.07. The van der Waals surface area contributed by atoms with Crippen LogP contribution in [-0.2, 0) is 0 Å². The fourth-order valence-corrected chi connectivity index (χ4v) is 1.50. The van der Waals surface area contributed by atoms with Crippen LogP contribution in [0.5, 0.6) is 0 Å². The quantitative estimate of drug-likeness (QED) is 0.779. The van der Waals surface area contributed by atoms with Crippen molar-refractivity contribution in [1.82, 2.24) is 10.2 Å². The van der Waals surface area contributed by atoms with E-state index >= 15 is 0 Å². The second kappa shape index (κ2) is 5.53. The second-order valence-corrected chi connectivity index (χ2v) is 4.14. The predicted molar refractivity (Wildman–Crippen MR) is 63.6 cm³/mol. The van der Waals surface area contributed by atoms with Crippen LogP contribution in [0.15, 0.2) is 12.1 Å². The molecule has 4 heteroatoms. The monoisotopic (exact) mass is 208 g/mol. The van der Waals surface area contributed by atoms with Gasteiger partial charge in [0.15, 0.2) is 0 Å². The van der Waals surface area contributed by atoms with Gasteiger partial charge in [0.25, 0.3) is 0 Å². The van der Waals surface area contributed by atoms with Gasteiger partial charge in [-0.3, -0.25) is 0 Å². The van der Waals surface area contributed by atoms with Crippen molar-refractivity contribution in [3.05, 3.63) is 12.1 Å². The van der Waals surface area contributed by atoms with E-state index in [0.29, 0.717) is 11.9 Å². The summed E-state index contributed by atoms with van der Waals surface area (Å²) in [6.45, 7) is 6.62. The maximum Gasteiger partial charge on any atom is 0.149 e. The average molecular weight is 208 g/mol. The maximum absolute atomic E-state index is 5.46. The molecule has 2 atom stereocenters. The first-order valence-electron chi connectivity index (χ1n) is 5.47. The molecule has 2 unspecified atom stereocenters. The Bertz CT molecular complexity index is 283. The third-order valence-electron chi connectivity index (χ3n) is 2.53. The van der Waals surface area contributed by atoms with Crippen LogP contribution in [-0.4, -0.2) is 16.2 Å². The van der Waals surface area contributed by atoms with Crippen LogP contribution in [0.1, 0.15) is 33.6 Å². The van der Waals surface area contributed by atoms with Crippen LogP contribution in [0.3, 0.4) is 0 Å². The zero-order chi connectivity index (χ0) is 11.3. The number of nitrogens with one attached hydrogen (secondary N) is 1. The molecule has 0 bridgehead atoms. The van der Waals surface area contributed by atoms with Gasteiger partial charge in [0.05, 0.1) is 0 Å². The summed E-state index contributed by atoms with van der Waals surface area (Å²) in [5.74, 6) is 1.98. The molecular formula is C11H20N4. The van der Waals surface area contributed by atoms with Crippen molar-refractivity contribution in [1.29, 1.82) is 0 Å². The third-order valence-corrected chi connectivity index (χ3v) is 2.53. The van der Waals surface area contributed by atoms with E-state index in [1.165, 1.54) is 6.42 Å². The van der Waals surface area contributed by atoms with Crippen LogP contribution in [0, 0.1) is 5.92 Å². The van der Waals surface area contributed by atoms with E-state index < -0.39 is 0 Å². The number of nitrogens with zero attached hydrogens (tertiary/aromatic N) is 2. The average Bonchev–Trinajstić information content (AvgIpc) is 2.21. The third kappa shape index (κ3) is 4.14. The van der Waals surface area contributed by atoms with Crippen molar-refractivity contribution in [2.24, 2.45) is 5.92 Å². The van der Waals surface area contributed by atoms with Crippen molar-refractivity contribution in [2.75, 3.05) is 11.1 Å². The molecule has 84 valence electrons. The maximum atomic E-state index is 5.46. The second-order valence-electron chi connectivity index (χ2n) is 4.14. The topological polar surface area (TPSA) is 63.8 Å². The first-order chi connectivity index (χ1) is 7.11. The molecule has 15 heavy (non-hydrogen) atoms. The van der Waals surface area contributed by atoms with E-state index in [9.17, 15) is 0 Å². The van der Waals surface area contributed by atoms with Crippen molar-refractivity contribution in [3.8, 4) is 0 Å². The minimum Gasteiger partial charge on any atom is -0.382 e. The molecule has 0 amide bonds. The molecule has 1 rings (SSSR count). The Hall–Kier alpha value is -1.32. The number of nitrogens with two attached hydrogens (primary N) is 1. The summed E-state index contributed by atoms with van der Waals surface area (Å²) in [5, 5.41) is 11.1. The number of hydrogen-bond donors (Lipinski definition) is 2. The molecule has 1 heterocycles. The van der Waals surface area contributed by atoms with Crippen molar-refractivity contribution < 1.29 is 0 Å². The minimum absolute atomic E-state index is 0.415. The largest absolute Gasteiger partial charge is 0.382 e. The number of hydrogen-bond acceptors (Lipinski definition) is 4. The van der Waals surface area contributed by atoms with E-state index in [2.05, 4.69) is 36.3 Å². The molecule has 4 nitrogen and oxygen atoms in total. The summed E-state index contributed by atoms with van der Waals surface area (Å²) in [6, 6.07) is 4.03. The van der Waals surface area contributed by atoms with Gasteiger partial charge in [0.1, 0.15) is 11.6 Å². The van der Waals surface area contributed by atoms with Crippen LogP contribution in [0.4, 0.5) is 11.6 Å². The Balaban J connectivity index is 2.44. The van der Waals surface area contributed by atoms with Gasteiger partial charge in [0, 0.05) is 6.04 Å². The zero-order valence-corrected chi connectivity index (χ0v) is 9.70. The molecular weight excluding hydrogens is 188 g/mol. The Morgan fingerprint density at radius 3 is 2.60 bits per heavy atom. The van der Waals surface area contributed by atoms with Gasteiger partial charge in [0.2, 0.25) is 0 Å². The van der Waals surface area contributed by atoms with Gasteiger partial charge in [-0.2, -0.15) is 0 Å². The molecule has 0 saturated heterocycles. The number of aromatic nitrogens is 2. The summed E-state index contributed by atoms with van der Waals surface area (Å²) < 4.78 is 0. The van der Waals surface area contributed by atoms with Gasteiger partial charge in [-0.1, -0.05) is 20.3 Å². The molecule has 0 radical (unpaired) electrons. The van der Waals surface area contributed by atoms with E-state index in [0.717, 1.165) is 18.2 Å². The fourth-order valence-electron chi connectivity index (χ4n) is 1.50. The number of nitrogen functional groups attached to an aromatic ring is 1. The smallest absolute Gasteiger partial charge is 0.149 e. The molecule has 0 saturated carbocycles. The predicted octanol–water partition coefficient (Wildman–Crippen LogP) is 2.30. The van der Waals surface area contributed by atoms with Crippen molar-refractivity contribution >= 4 is 11.6 Å². The highest BCUT2D eigenvalue weighted by atomic mass is 15.2. The molecule has 0 aliphatic rings. The highest BCUT2D eigenvalue weighted by molar-refractivity contribution is 5.38. The first-order valence-corrected chi connectivity index (χ1v) is 5.47. The van der Waals surface area contributed by atoms with Crippen LogP contribution >= 0.6 is 0 Å². The molecule has 0 spiro atoms. The molecule has 3 N–H and O–H groups in total. The lowest BCUT2D eigenvalue weighted by Gasteiger charge is -2.17. The minimum atomic E-state index is 0.415. The Kier molecular flexibility index (Phi) is 4.34. The Labute approximate surface area is 91.3 Å². The van der Waals surface area contributed by atoms with Gasteiger partial charge in [-0.15, -0.1) is 10.2 Å². The van der Waals surface area contributed by atoms with E-state index in [-0.39, 0.29) is 0 Å². The fraction of sp³-hybridized carbons (Fsp3) is 0.636. The number of anilines is 2. The lowest BCUT2D eigenvalue weighted by atomic mass is 10.0. The molecule has 0 fully saturated rings. The van der Waals surface area contributed by atoms with Crippen molar-refractivity contribution in [3.63, 3.8) is 0 Å². The summed E-state index contributed by atoms with van der Waals surface area (Å²) in [5.41, 5.74) is 5.46. The zero-order valence-electron chi connectivity index (χ0n) is 9.70. The van der Waals surface area contributed by atoms with E-state index in [1.54, 1.807) is 6.07 Å². The standard InChI is InChI=1S/C11H20N4/c1-4-8(2)7-9(3)13-11-6-5-10(12)14-15-11/h5-6,8-9H,4,7H2,1-3H3,(H2,12,14)(H,13,15). The van der Waals surface area contributed by atoms with Crippen LogP contribution in [0.2, 0.25) is 0 Å². The van der Waals surface area contributed by atoms with E-state index in [4.69, 9.17) is 5.73 Å². The lowest BCUT2D eigenvalue weighted by Crippen LogP contribution is -2.19. The first kappa shape index (κ1) is 11.8. The molecule has 1 aromatic heterocycles. The summed E-state index contributed by atoms with van der Waals surface area (Å²) in [6.07, 6.45) is 2.35. The lowest BCUT2D eigenvalue weighted by molar-refractivity contribution is 0.483. The van der Waals surface area contributed by atoms with Gasteiger partial charge in [-0.25, -0.2) is 0 Å².